The molecule has 0 amide bonds. The van der Waals surface area contributed by atoms with E-state index in [1.165, 1.54) is 0 Å². The zero-order chi connectivity index (χ0) is 17.7. The van der Waals surface area contributed by atoms with Gasteiger partial charge in [-0.15, -0.1) is 0 Å². The lowest BCUT2D eigenvalue weighted by Crippen LogP contribution is -2.53. The molecule has 1 saturated heterocycles. The van der Waals surface area contributed by atoms with Gasteiger partial charge < -0.3 is 14.9 Å². The summed E-state index contributed by atoms with van der Waals surface area (Å²) in [6.45, 7) is 10.9. The third-order valence-corrected chi connectivity index (χ3v) is 5.22. The summed E-state index contributed by atoms with van der Waals surface area (Å²) in [5.74, 6) is -0.759. The molecule has 0 saturated carbocycles. The maximum absolute atomic E-state index is 11.9. The first-order valence-corrected chi connectivity index (χ1v) is 9.03. The molecular weight excluding hydrogens is 302 g/mol. The quantitative estimate of drug-likeness (QED) is 0.831. The Labute approximate surface area is 145 Å². The Morgan fingerprint density at radius 2 is 1.83 bits per heavy atom. The van der Waals surface area contributed by atoms with E-state index in [0.29, 0.717) is 6.04 Å². The van der Waals surface area contributed by atoms with E-state index >= 15 is 0 Å². The van der Waals surface area contributed by atoms with Crippen molar-refractivity contribution in [1.29, 1.82) is 0 Å². The van der Waals surface area contributed by atoms with E-state index in [-0.39, 0.29) is 0 Å². The van der Waals surface area contributed by atoms with E-state index in [9.17, 15) is 9.90 Å². The second-order valence-corrected chi connectivity index (χ2v) is 6.54. The van der Waals surface area contributed by atoms with Gasteiger partial charge in [-0.2, -0.15) is 0 Å². The van der Waals surface area contributed by atoms with Crippen LogP contribution in [0.3, 0.4) is 0 Å². The first-order valence-electron chi connectivity index (χ1n) is 9.03. The van der Waals surface area contributed by atoms with Crippen LogP contribution in [0.1, 0.15) is 38.8 Å². The third-order valence-electron chi connectivity index (χ3n) is 5.22. The second-order valence-electron chi connectivity index (χ2n) is 6.54. The predicted octanol–water partition coefficient (Wildman–Crippen LogP) is 2.68. The molecule has 134 valence electrons. The largest absolute Gasteiger partial charge is 0.480 e. The van der Waals surface area contributed by atoms with Gasteiger partial charge in [0.25, 0.3) is 0 Å². The fourth-order valence-corrected chi connectivity index (χ4v) is 3.61. The molecule has 0 spiro atoms. The zero-order valence-electron chi connectivity index (χ0n) is 15.4. The molecule has 0 radical (unpaired) electrons. The first-order chi connectivity index (χ1) is 11.5. The van der Waals surface area contributed by atoms with Crippen LogP contribution in [0, 0.1) is 0 Å². The highest BCUT2D eigenvalue weighted by atomic mass is 16.4. The number of carbonyl (C=O) groups is 1. The molecule has 1 N–H and O–H groups in total. The van der Waals surface area contributed by atoms with Crippen LogP contribution in [0.25, 0.3) is 0 Å². The molecule has 1 heterocycles. The predicted molar refractivity (Wildman–Crippen MR) is 98.7 cm³/mol. The molecule has 2 atom stereocenters. The van der Waals surface area contributed by atoms with Gasteiger partial charge in [0.2, 0.25) is 0 Å². The Morgan fingerprint density at radius 3 is 2.33 bits per heavy atom. The highest BCUT2D eigenvalue weighted by molar-refractivity contribution is 5.76. The van der Waals surface area contributed by atoms with Gasteiger partial charge in [0.15, 0.2) is 0 Å². The fraction of sp³-hybridized carbons (Fsp3) is 0.632. The lowest BCUT2D eigenvalue weighted by molar-refractivity contribution is -0.144. The van der Waals surface area contributed by atoms with Gasteiger partial charge in [-0.3, -0.25) is 9.69 Å². The maximum atomic E-state index is 11.9. The Morgan fingerprint density at radius 1 is 1.21 bits per heavy atom. The monoisotopic (exact) mass is 333 g/mol. The highest BCUT2D eigenvalue weighted by Gasteiger charge is 2.33. The summed E-state index contributed by atoms with van der Waals surface area (Å²) < 4.78 is 0. The van der Waals surface area contributed by atoms with Crippen molar-refractivity contribution in [2.24, 2.45) is 0 Å². The minimum atomic E-state index is -0.759. The van der Waals surface area contributed by atoms with Crippen LogP contribution in [0.5, 0.6) is 0 Å². The van der Waals surface area contributed by atoms with E-state index in [1.54, 1.807) is 0 Å². The molecule has 0 bridgehead atoms. The molecule has 1 aliphatic rings. The molecular formula is C19H31N3O2. The SMILES string of the molecule is CCC1CN(C(C(=O)O)c2ccc(N(CC)CC)cc2)CCN1C. The van der Waals surface area contributed by atoms with Gasteiger partial charge in [0.1, 0.15) is 6.04 Å². The van der Waals surface area contributed by atoms with Crippen LogP contribution in [-0.4, -0.2) is 66.7 Å². The summed E-state index contributed by atoms with van der Waals surface area (Å²) in [6.07, 6.45) is 1.04. The Bertz CT molecular complexity index is 528. The number of nitrogens with zero attached hydrogens (tertiary/aromatic N) is 3. The van der Waals surface area contributed by atoms with Gasteiger partial charge in [-0.05, 0) is 45.0 Å². The van der Waals surface area contributed by atoms with Crippen molar-refractivity contribution in [2.75, 3.05) is 44.7 Å². The van der Waals surface area contributed by atoms with Crippen LogP contribution >= 0.6 is 0 Å². The van der Waals surface area contributed by atoms with Crippen molar-refractivity contribution < 1.29 is 9.90 Å². The van der Waals surface area contributed by atoms with Crippen LogP contribution in [0.2, 0.25) is 0 Å². The third kappa shape index (κ3) is 4.08. The van der Waals surface area contributed by atoms with Crippen LogP contribution in [-0.2, 0) is 4.79 Å². The van der Waals surface area contributed by atoms with Crippen molar-refractivity contribution in [1.82, 2.24) is 9.80 Å². The minimum Gasteiger partial charge on any atom is -0.480 e. The number of likely N-dealkylation sites (N-methyl/N-ethyl adjacent to an activating group) is 1. The molecule has 0 aromatic heterocycles. The van der Waals surface area contributed by atoms with E-state index in [2.05, 4.69) is 42.5 Å². The standard InChI is InChI=1S/C19H31N3O2/c1-5-16-14-22(13-12-20(16)4)18(19(23)24)15-8-10-17(11-9-15)21(6-2)7-3/h8-11,16,18H,5-7,12-14H2,1-4H3,(H,23,24). The molecule has 1 aliphatic heterocycles. The molecule has 5 nitrogen and oxygen atoms in total. The van der Waals surface area contributed by atoms with E-state index in [4.69, 9.17) is 0 Å². The molecule has 1 fully saturated rings. The second kappa shape index (κ2) is 8.49. The van der Waals surface area contributed by atoms with Crippen molar-refractivity contribution >= 4 is 11.7 Å². The first kappa shape index (κ1) is 18.7. The molecule has 24 heavy (non-hydrogen) atoms. The summed E-state index contributed by atoms with van der Waals surface area (Å²) >= 11 is 0. The number of rotatable bonds is 7. The molecule has 0 aliphatic carbocycles. The highest BCUT2D eigenvalue weighted by Crippen LogP contribution is 2.27. The number of hydrogen-bond donors (Lipinski definition) is 1. The van der Waals surface area contributed by atoms with Gasteiger partial charge in [-0.25, -0.2) is 0 Å². The van der Waals surface area contributed by atoms with Gasteiger partial charge in [-0.1, -0.05) is 19.1 Å². The number of anilines is 1. The average molecular weight is 333 g/mol. The molecule has 1 aromatic carbocycles. The molecule has 2 unspecified atom stereocenters. The number of piperazine rings is 1. The van der Waals surface area contributed by atoms with E-state index in [0.717, 1.165) is 50.4 Å². The van der Waals surface area contributed by atoms with Crippen LogP contribution in [0.4, 0.5) is 5.69 Å². The maximum Gasteiger partial charge on any atom is 0.325 e. The van der Waals surface area contributed by atoms with Gasteiger partial charge >= 0.3 is 5.97 Å². The number of carboxylic acid groups (broad SMARTS) is 1. The van der Waals surface area contributed by atoms with Gasteiger partial charge in [0.05, 0.1) is 0 Å². The summed E-state index contributed by atoms with van der Waals surface area (Å²) in [5, 5.41) is 9.81. The molecule has 2 rings (SSSR count). The average Bonchev–Trinajstić information content (AvgIpc) is 2.58. The molecule has 5 heteroatoms. The Kier molecular flexibility index (Phi) is 6.63. The number of hydrogen-bond acceptors (Lipinski definition) is 4. The lowest BCUT2D eigenvalue weighted by Gasteiger charge is -2.41. The minimum absolute atomic E-state index is 0.426. The summed E-state index contributed by atoms with van der Waals surface area (Å²) in [6, 6.07) is 7.92. The summed E-state index contributed by atoms with van der Waals surface area (Å²) in [5.41, 5.74) is 2.02. The topological polar surface area (TPSA) is 47.0 Å². The van der Waals surface area contributed by atoms with E-state index < -0.39 is 12.0 Å². The summed E-state index contributed by atoms with van der Waals surface area (Å²) in [4.78, 5) is 18.7. The lowest BCUT2D eigenvalue weighted by atomic mass is 10.0. The number of benzene rings is 1. The van der Waals surface area contributed by atoms with Crippen LogP contribution < -0.4 is 4.90 Å². The Balaban J connectivity index is 2.20. The Hall–Kier alpha value is -1.59. The van der Waals surface area contributed by atoms with Gasteiger partial charge in [0, 0.05) is 44.5 Å². The van der Waals surface area contributed by atoms with Crippen molar-refractivity contribution in [3.05, 3.63) is 29.8 Å². The number of aliphatic carboxylic acids is 1. The summed E-state index contributed by atoms with van der Waals surface area (Å²) in [7, 11) is 2.13. The zero-order valence-corrected chi connectivity index (χ0v) is 15.4. The van der Waals surface area contributed by atoms with E-state index in [1.807, 2.05) is 24.3 Å². The number of carboxylic acids is 1. The van der Waals surface area contributed by atoms with Crippen molar-refractivity contribution in [2.45, 2.75) is 39.3 Å². The van der Waals surface area contributed by atoms with Crippen molar-refractivity contribution in [3.63, 3.8) is 0 Å². The van der Waals surface area contributed by atoms with Crippen LogP contribution in [0.15, 0.2) is 24.3 Å². The smallest absolute Gasteiger partial charge is 0.325 e. The van der Waals surface area contributed by atoms with Crippen molar-refractivity contribution in [3.8, 4) is 0 Å². The normalized spacial score (nSPS) is 20.8. The molecule has 1 aromatic rings. The fourth-order valence-electron chi connectivity index (χ4n) is 3.61.